The lowest BCUT2D eigenvalue weighted by Crippen LogP contribution is -2.56. The molecule has 1 saturated heterocycles. The molecule has 1 aliphatic rings. The van der Waals surface area contributed by atoms with E-state index in [2.05, 4.69) is 36.3 Å². The zero-order chi connectivity index (χ0) is 18.1. The lowest BCUT2D eigenvalue weighted by Gasteiger charge is -2.40. The monoisotopic (exact) mass is 349 g/mol. The van der Waals surface area contributed by atoms with E-state index in [9.17, 15) is 4.79 Å². The fraction of sp³-hybridized carbons (Fsp3) is 0.632. The quantitative estimate of drug-likeness (QED) is 0.756. The number of benzene rings is 1. The molecule has 140 valence electrons. The Bertz CT molecular complexity index is 542. The van der Waals surface area contributed by atoms with Gasteiger partial charge in [0.15, 0.2) is 0 Å². The van der Waals surface area contributed by atoms with Gasteiger partial charge in [0.05, 0.1) is 19.8 Å². The van der Waals surface area contributed by atoms with Crippen LogP contribution in [-0.2, 0) is 11.3 Å². The molecule has 0 radical (unpaired) electrons. The highest BCUT2D eigenvalue weighted by atomic mass is 16.5. The third-order valence-corrected chi connectivity index (χ3v) is 4.37. The summed E-state index contributed by atoms with van der Waals surface area (Å²) in [6.45, 7) is 11.5. The number of morpholine rings is 1. The predicted octanol–water partition coefficient (Wildman–Crippen LogP) is 2.39. The standard InChI is InChI=1S/C19H31N3O3/c1-4-10-25-17-7-5-6-16(13-17)14-20-18(23)21-15-19(2,3)22-8-11-24-12-9-22/h5-7,13H,4,8-12,14-15H2,1-3H3,(H2,20,21,23). The minimum atomic E-state index is -0.152. The molecule has 2 rings (SSSR count). The first-order chi connectivity index (χ1) is 12.0. The van der Waals surface area contributed by atoms with Crippen LogP contribution in [0.5, 0.6) is 5.75 Å². The number of carbonyl (C=O) groups is 1. The number of nitrogens with zero attached hydrogens (tertiary/aromatic N) is 1. The van der Waals surface area contributed by atoms with Crippen LogP contribution in [0.4, 0.5) is 4.79 Å². The lowest BCUT2D eigenvalue weighted by atomic mass is 10.0. The Balaban J connectivity index is 1.74. The van der Waals surface area contributed by atoms with Crippen LogP contribution in [0, 0.1) is 0 Å². The fourth-order valence-electron chi connectivity index (χ4n) is 2.79. The number of carbonyl (C=O) groups excluding carboxylic acids is 1. The number of hydrogen-bond donors (Lipinski definition) is 2. The highest BCUT2D eigenvalue weighted by Gasteiger charge is 2.28. The van der Waals surface area contributed by atoms with Crippen LogP contribution in [0.1, 0.15) is 32.8 Å². The van der Waals surface area contributed by atoms with E-state index in [1.807, 2.05) is 24.3 Å². The maximum atomic E-state index is 12.1. The third-order valence-electron chi connectivity index (χ3n) is 4.37. The van der Waals surface area contributed by atoms with E-state index in [1.54, 1.807) is 0 Å². The second kappa shape index (κ2) is 9.63. The van der Waals surface area contributed by atoms with Crippen molar-refractivity contribution in [3.8, 4) is 5.75 Å². The molecule has 1 aromatic carbocycles. The number of amides is 2. The summed E-state index contributed by atoms with van der Waals surface area (Å²) in [4.78, 5) is 14.5. The number of hydrogen-bond acceptors (Lipinski definition) is 4. The summed E-state index contributed by atoms with van der Waals surface area (Å²) in [5, 5.41) is 5.88. The summed E-state index contributed by atoms with van der Waals surface area (Å²) in [5.74, 6) is 0.843. The SMILES string of the molecule is CCCOc1cccc(CNC(=O)NCC(C)(C)N2CCOCC2)c1. The Morgan fingerprint density at radius 3 is 2.76 bits per heavy atom. The Kier molecular flexibility index (Phi) is 7.52. The number of urea groups is 1. The number of rotatable bonds is 8. The summed E-state index contributed by atoms with van der Waals surface area (Å²) in [5.41, 5.74) is 0.936. The Morgan fingerprint density at radius 1 is 1.28 bits per heavy atom. The molecule has 25 heavy (non-hydrogen) atoms. The molecule has 0 aliphatic carbocycles. The van der Waals surface area contributed by atoms with Crippen LogP contribution >= 0.6 is 0 Å². The molecule has 0 aromatic heterocycles. The topological polar surface area (TPSA) is 62.8 Å². The van der Waals surface area contributed by atoms with Crippen LogP contribution in [0.15, 0.2) is 24.3 Å². The van der Waals surface area contributed by atoms with Crippen molar-refractivity contribution in [2.24, 2.45) is 0 Å². The highest BCUT2D eigenvalue weighted by Crippen LogP contribution is 2.15. The third kappa shape index (κ3) is 6.55. The molecule has 6 nitrogen and oxygen atoms in total. The first-order valence-electron chi connectivity index (χ1n) is 9.07. The molecule has 6 heteroatoms. The maximum Gasteiger partial charge on any atom is 0.315 e. The number of nitrogens with one attached hydrogen (secondary N) is 2. The molecule has 2 N–H and O–H groups in total. The largest absolute Gasteiger partial charge is 0.494 e. The first-order valence-corrected chi connectivity index (χ1v) is 9.07. The van der Waals surface area contributed by atoms with Gasteiger partial charge in [0.25, 0.3) is 0 Å². The van der Waals surface area contributed by atoms with Gasteiger partial charge < -0.3 is 20.1 Å². The molecule has 2 amide bonds. The molecule has 1 fully saturated rings. The summed E-state index contributed by atoms with van der Waals surface area (Å²) in [7, 11) is 0. The molecular weight excluding hydrogens is 318 g/mol. The van der Waals surface area contributed by atoms with Crippen molar-refractivity contribution < 1.29 is 14.3 Å². The fourth-order valence-corrected chi connectivity index (χ4v) is 2.79. The van der Waals surface area contributed by atoms with Crippen molar-refractivity contribution in [1.82, 2.24) is 15.5 Å². The van der Waals surface area contributed by atoms with E-state index in [0.29, 0.717) is 19.7 Å². The minimum absolute atomic E-state index is 0.0883. The minimum Gasteiger partial charge on any atom is -0.494 e. The van der Waals surface area contributed by atoms with Gasteiger partial charge in [-0.25, -0.2) is 4.79 Å². The lowest BCUT2D eigenvalue weighted by molar-refractivity contribution is -0.00874. The molecule has 0 unspecified atom stereocenters. The number of ether oxygens (including phenoxy) is 2. The van der Waals surface area contributed by atoms with Gasteiger partial charge in [0.1, 0.15) is 5.75 Å². The van der Waals surface area contributed by atoms with E-state index in [1.165, 1.54) is 0 Å². The van der Waals surface area contributed by atoms with E-state index < -0.39 is 0 Å². The van der Waals surface area contributed by atoms with E-state index in [-0.39, 0.29) is 11.6 Å². The van der Waals surface area contributed by atoms with Gasteiger partial charge in [-0.1, -0.05) is 19.1 Å². The second-order valence-corrected chi connectivity index (χ2v) is 6.94. The van der Waals surface area contributed by atoms with Gasteiger partial charge in [-0.15, -0.1) is 0 Å². The maximum absolute atomic E-state index is 12.1. The second-order valence-electron chi connectivity index (χ2n) is 6.94. The van der Waals surface area contributed by atoms with Crippen molar-refractivity contribution in [2.75, 3.05) is 39.5 Å². The van der Waals surface area contributed by atoms with Gasteiger partial charge >= 0.3 is 6.03 Å². The molecule has 0 saturated carbocycles. The Morgan fingerprint density at radius 2 is 2.04 bits per heavy atom. The molecule has 0 bridgehead atoms. The van der Waals surface area contributed by atoms with Crippen molar-refractivity contribution in [1.29, 1.82) is 0 Å². The summed E-state index contributed by atoms with van der Waals surface area (Å²) in [6.07, 6.45) is 0.976. The highest BCUT2D eigenvalue weighted by molar-refractivity contribution is 5.73. The zero-order valence-electron chi connectivity index (χ0n) is 15.6. The van der Waals surface area contributed by atoms with Gasteiger partial charge in [0.2, 0.25) is 0 Å². The van der Waals surface area contributed by atoms with Crippen LogP contribution in [-0.4, -0.2) is 55.9 Å². The summed E-state index contributed by atoms with van der Waals surface area (Å²) >= 11 is 0. The summed E-state index contributed by atoms with van der Waals surface area (Å²) < 4.78 is 11.0. The van der Waals surface area contributed by atoms with Gasteiger partial charge in [-0.2, -0.15) is 0 Å². The normalized spacial score (nSPS) is 15.6. The summed E-state index contributed by atoms with van der Waals surface area (Å²) in [6, 6.07) is 7.68. The van der Waals surface area contributed by atoms with E-state index >= 15 is 0 Å². The Hall–Kier alpha value is -1.79. The van der Waals surface area contributed by atoms with Crippen LogP contribution in [0.25, 0.3) is 0 Å². The average molecular weight is 349 g/mol. The Labute approximate surface area is 150 Å². The van der Waals surface area contributed by atoms with Crippen LogP contribution < -0.4 is 15.4 Å². The van der Waals surface area contributed by atoms with Gasteiger partial charge in [-0.05, 0) is 38.0 Å². The van der Waals surface area contributed by atoms with Crippen molar-refractivity contribution in [2.45, 2.75) is 39.3 Å². The molecule has 1 aliphatic heterocycles. The van der Waals surface area contributed by atoms with Crippen molar-refractivity contribution in [3.05, 3.63) is 29.8 Å². The molecular formula is C19H31N3O3. The van der Waals surface area contributed by atoms with E-state index in [0.717, 1.165) is 44.0 Å². The molecule has 0 spiro atoms. The zero-order valence-corrected chi connectivity index (χ0v) is 15.6. The average Bonchev–Trinajstić information content (AvgIpc) is 2.64. The van der Waals surface area contributed by atoms with Crippen molar-refractivity contribution >= 4 is 6.03 Å². The van der Waals surface area contributed by atoms with Crippen LogP contribution in [0.2, 0.25) is 0 Å². The first kappa shape index (κ1) is 19.5. The van der Waals surface area contributed by atoms with E-state index in [4.69, 9.17) is 9.47 Å². The van der Waals surface area contributed by atoms with Crippen LogP contribution in [0.3, 0.4) is 0 Å². The predicted molar refractivity (Wildman–Crippen MR) is 98.9 cm³/mol. The van der Waals surface area contributed by atoms with Gasteiger partial charge in [0, 0.05) is 31.7 Å². The molecule has 0 atom stereocenters. The van der Waals surface area contributed by atoms with Crippen molar-refractivity contribution in [3.63, 3.8) is 0 Å². The molecule has 1 heterocycles. The van der Waals surface area contributed by atoms with Gasteiger partial charge in [-0.3, -0.25) is 4.90 Å². The smallest absolute Gasteiger partial charge is 0.315 e. The molecule has 1 aromatic rings.